The molecule has 2 aromatic heterocycles. The van der Waals surface area contributed by atoms with Crippen molar-refractivity contribution in [2.24, 2.45) is 0 Å². The van der Waals surface area contributed by atoms with Gasteiger partial charge in [-0.15, -0.1) is 0 Å². The minimum atomic E-state index is 0.547. The van der Waals surface area contributed by atoms with E-state index in [4.69, 9.17) is 19.9 Å². The van der Waals surface area contributed by atoms with Crippen LogP contribution in [0.5, 0.6) is 17.2 Å². The number of methoxy groups -OCH3 is 3. The Balaban J connectivity index is 1.74. The molecule has 0 saturated carbocycles. The van der Waals surface area contributed by atoms with Crippen molar-refractivity contribution in [3.8, 4) is 28.4 Å². The molecule has 4 rings (SSSR count). The first-order valence-electron chi connectivity index (χ1n) is 9.02. The molecule has 0 spiro atoms. The number of hydrogen-bond acceptors (Lipinski definition) is 6. The quantitative estimate of drug-likeness (QED) is 0.417. The van der Waals surface area contributed by atoms with Crippen molar-refractivity contribution in [3.63, 3.8) is 0 Å². The molecule has 0 unspecified atom stereocenters. The Morgan fingerprint density at radius 3 is 2.34 bits per heavy atom. The van der Waals surface area contributed by atoms with E-state index < -0.39 is 0 Å². The van der Waals surface area contributed by atoms with Gasteiger partial charge in [-0.1, -0.05) is 12.1 Å². The maximum Gasteiger partial charge on any atom is 0.203 e. The molecule has 0 aliphatic carbocycles. The van der Waals surface area contributed by atoms with E-state index in [1.54, 1.807) is 27.5 Å². The van der Waals surface area contributed by atoms with Gasteiger partial charge in [-0.25, -0.2) is 0 Å². The highest BCUT2D eigenvalue weighted by Gasteiger charge is 2.14. The van der Waals surface area contributed by atoms with Crippen LogP contribution in [0.4, 0.5) is 17.2 Å². The van der Waals surface area contributed by atoms with Crippen LogP contribution in [0.2, 0.25) is 0 Å². The number of hydrogen-bond donors (Lipinski definition) is 3. The number of nitrogen functional groups attached to an aromatic ring is 1. The Bertz CT molecular complexity index is 1140. The van der Waals surface area contributed by atoms with Gasteiger partial charge in [0.25, 0.3) is 0 Å². The smallest absolute Gasteiger partial charge is 0.203 e. The van der Waals surface area contributed by atoms with Gasteiger partial charge in [0.15, 0.2) is 11.5 Å². The largest absolute Gasteiger partial charge is 0.493 e. The molecule has 2 heterocycles. The van der Waals surface area contributed by atoms with Crippen LogP contribution in [0.1, 0.15) is 0 Å². The summed E-state index contributed by atoms with van der Waals surface area (Å²) in [5, 5.41) is 4.40. The normalized spacial score (nSPS) is 10.7. The summed E-state index contributed by atoms with van der Waals surface area (Å²) in [6.07, 6.45) is 3.64. The number of pyridine rings is 1. The van der Waals surface area contributed by atoms with Gasteiger partial charge in [0.2, 0.25) is 5.75 Å². The van der Waals surface area contributed by atoms with E-state index in [0.717, 1.165) is 33.5 Å². The third-order valence-corrected chi connectivity index (χ3v) is 4.69. The van der Waals surface area contributed by atoms with Gasteiger partial charge in [0.1, 0.15) is 5.82 Å². The van der Waals surface area contributed by atoms with Gasteiger partial charge in [-0.05, 0) is 23.8 Å². The second kappa shape index (κ2) is 7.63. The van der Waals surface area contributed by atoms with Crippen molar-refractivity contribution >= 4 is 28.1 Å². The van der Waals surface area contributed by atoms with Gasteiger partial charge in [-0.2, -0.15) is 0 Å². The number of nitrogens with one attached hydrogen (secondary N) is 2. The predicted octanol–water partition coefficient (Wildman–Crippen LogP) is 4.58. The van der Waals surface area contributed by atoms with E-state index in [2.05, 4.69) is 15.3 Å². The zero-order chi connectivity index (χ0) is 20.4. The Morgan fingerprint density at radius 1 is 0.931 bits per heavy atom. The SMILES string of the molecule is COc1cc(Nc2cc3c(-c4cccc(N)c4)cncc3[nH]2)cc(OC)c1OC. The highest BCUT2D eigenvalue weighted by molar-refractivity contribution is 5.97. The minimum Gasteiger partial charge on any atom is -0.493 e. The topological polar surface area (TPSA) is 94.4 Å². The maximum absolute atomic E-state index is 5.95. The van der Waals surface area contributed by atoms with Crippen LogP contribution in [0, 0.1) is 0 Å². The fourth-order valence-corrected chi connectivity index (χ4v) is 3.36. The van der Waals surface area contributed by atoms with Crippen molar-refractivity contribution in [3.05, 3.63) is 54.9 Å². The van der Waals surface area contributed by atoms with Gasteiger partial charge in [-0.3, -0.25) is 4.98 Å². The lowest BCUT2D eigenvalue weighted by molar-refractivity contribution is 0.324. The second-order valence-electron chi connectivity index (χ2n) is 6.50. The summed E-state index contributed by atoms with van der Waals surface area (Å²) in [5.74, 6) is 2.51. The molecule has 7 nitrogen and oxygen atoms in total. The van der Waals surface area contributed by atoms with E-state index in [9.17, 15) is 0 Å². The number of fused-ring (bicyclic) bond motifs is 1. The first-order chi connectivity index (χ1) is 14.1. The number of H-pyrrole nitrogens is 1. The summed E-state index contributed by atoms with van der Waals surface area (Å²) in [6.45, 7) is 0. The van der Waals surface area contributed by atoms with Crippen LogP contribution in [0.15, 0.2) is 54.9 Å². The highest BCUT2D eigenvalue weighted by Crippen LogP contribution is 2.41. The molecule has 0 radical (unpaired) electrons. The number of benzene rings is 2. The van der Waals surface area contributed by atoms with Crippen LogP contribution < -0.4 is 25.3 Å². The van der Waals surface area contributed by atoms with Crippen molar-refractivity contribution in [2.75, 3.05) is 32.4 Å². The summed E-state index contributed by atoms with van der Waals surface area (Å²) >= 11 is 0. The summed E-state index contributed by atoms with van der Waals surface area (Å²) in [6, 6.07) is 13.5. The number of nitrogens with two attached hydrogens (primary N) is 1. The van der Waals surface area contributed by atoms with Crippen LogP contribution >= 0.6 is 0 Å². The number of ether oxygens (including phenoxy) is 3. The Labute approximate surface area is 168 Å². The average Bonchev–Trinajstić information content (AvgIpc) is 3.15. The number of rotatable bonds is 6. The van der Waals surface area contributed by atoms with Crippen LogP contribution in [0.3, 0.4) is 0 Å². The van der Waals surface area contributed by atoms with Crippen molar-refractivity contribution < 1.29 is 14.2 Å². The van der Waals surface area contributed by atoms with E-state index >= 15 is 0 Å². The monoisotopic (exact) mass is 390 g/mol. The molecule has 0 aliphatic rings. The lowest BCUT2D eigenvalue weighted by Gasteiger charge is -2.14. The molecule has 0 fully saturated rings. The fourth-order valence-electron chi connectivity index (χ4n) is 3.36. The lowest BCUT2D eigenvalue weighted by atomic mass is 10.0. The van der Waals surface area contributed by atoms with E-state index in [1.807, 2.05) is 48.7 Å². The second-order valence-corrected chi connectivity index (χ2v) is 6.50. The van der Waals surface area contributed by atoms with Crippen molar-refractivity contribution in [1.29, 1.82) is 0 Å². The molecule has 0 bridgehead atoms. The molecule has 0 saturated heterocycles. The maximum atomic E-state index is 5.95. The third-order valence-electron chi connectivity index (χ3n) is 4.69. The van der Waals surface area contributed by atoms with E-state index in [-0.39, 0.29) is 0 Å². The first-order valence-corrected chi connectivity index (χ1v) is 9.02. The average molecular weight is 390 g/mol. The summed E-state index contributed by atoms with van der Waals surface area (Å²) in [7, 11) is 4.76. The minimum absolute atomic E-state index is 0.547. The van der Waals surface area contributed by atoms with Gasteiger partial charge in [0.05, 0.1) is 33.0 Å². The first kappa shape index (κ1) is 18.5. The Kier molecular flexibility index (Phi) is 4.87. The van der Waals surface area contributed by atoms with Gasteiger partial charge < -0.3 is 30.2 Å². The molecule has 0 amide bonds. The zero-order valence-corrected chi connectivity index (χ0v) is 16.4. The molecule has 148 valence electrons. The van der Waals surface area contributed by atoms with E-state index in [0.29, 0.717) is 22.9 Å². The van der Waals surface area contributed by atoms with E-state index in [1.165, 1.54) is 0 Å². The number of aromatic amines is 1. The molecule has 0 aliphatic heterocycles. The zero-order valence-electron chi connectivity index (χ0n) is 16.4. The number of nitrogens with zero attached hydrogens (tertiary/aromatic N) is 1. The highest BCUT2D eigenvalue weighted by atomic mass is 16.5. The molecule has 29 heavy (non-hydrogen) atoms. The number of aromatic nitrogens is 2. The van der Waals surface area contributed by atoms with Crippen LogP contribution in [-0.4, -0.2) is 31.3 Å². The molecule has 4 N–H and O–H groups in total. The summed E-state index contributed by atoms with van der Waals surface area (Å²) in [4.78, 5) is 7.71. The van der Waals surface area contributed by atoms with Crippen molar-refractivity contribution in [1.82, 2.24) is 9.97 Å². The number of anilines is 3. The Morgan fingerprint density at radius 2 is 1.69 bits per heavy atom. The Hall–Kier alpha value is -3.87. The summed E-state index contributed by atoms with van der Waals surface area (Å²) in [5.41, 5.74) is 10.4. The summed E-state index contributed by atoms with van der Waals surface area (Å²) < 4.78 is 16.2. The standard InChI is InChI=1S/C22H22N4O3/c1-27-19-8-15(9-20(28-2)22(19)29-3)25-21-10-16-17(11-24-12-18(16)26-21)13-5-4-6-14(23)7-13/h4-12,25-26H,23H2,1-3H3. The van der Waals surface area contributed by atoms with Crippen LogP contribution in [-0.2, 0) is 0 Å². The molecular formula is C22H22N4O3. The molecule has 7 heteroatoms. The fraction of sp³-hybridized carbons (Fsp3) is 0.136. The molecule has 4 aromatic rings. The molecular weight excluding hydrogens is 368 g/mol. The van der Waals surface area contributed by atoms with Crippen LogP contribution in [0.25, 0.3) is 22.0 Å². The lowest BCUT2D eigenvalue weighted by Crippen LogP contribution is -1.97. The van der Waals surface area contributed by atoms with Gasteiger partial charge in [0, 0.05) is 40.7 Å². The van der Waals surface area contributed by atoms with Crippen molar-refractivity contribution in [2.45, 2.75) is 0 Å². The molecule has 0 atom stereocenters. The third kappa shape index (κ3) is 3.50. The molecule has 2 aromatic carbocycles. The van der Waals surface area contributed by atoms with Gasteiger partial charge >= 0.3 is 0 Å². The predicted molar refractivity (Wildman–Crippen MR) is 115 cm³/mol.